The van der Waals surface area contributed by atoms with Gasteiger partial charge in [-0.1, -0.05) is 24.3 Å². The van der Waals surface area contributed by atoms with Crippen LogP contribution < -0.4 is 10.6 Å². The van der Waals surface area contributed by atoms with Gasteiger partial charge in [-0.2, -0.15) is 0 Å². The van der Waals surface area contributed by atoms with Crippen LogP contribution in [-0.2, 0) is 4.79 Å². The molecule has 0 spiro atoms. The third kappa shape index (κ3) is 5.27. The number of aromatic amines is 1. The van der Waals surface area contributed by atoms with Crippen molar-refractivity contribution in [2.24, 2.45) is 0 Å². The van der Waals surface area contributed by atoms with Crippen LogP contribution >= 0.6 is 11.3 Å². The monoisotopic (exact) mass is 383 g/mol. The van der Waals surface area contributed by atoms with E-state index in [0.29, 0.717) is 30.1 Å². The molecule has 0 radical (unpaired) electrons. The van der Waals surface area contributed by atoms with Crippen molar-refractivity contribution in [1.29, 1.82) is 0 Å². The van der Waals surface area contributed by atoms with Gasteiger partial charge in [0.2, 0.25) is 5.91 Å². The molecule has 0 atom stereocenters. The van der Waals surface area contributed by atoms with Crippen LogP contribution in [0.15, 0.2) is 47.8 Å². The Morgan fingerprint density at radius 3 is 2.56 bits per heavy atom. The van der Waals surface area contributed by atoms with Gasteiger partial charge in [-0.05, 0) is 30.0 Å². The molecule has 3 N–H and O–H groups in total. The second-order valence-electron chi connectivity index (χ2n) is 6.13. The molecule has 1 aromatic carbocycles. The molecular weight excluding hydrogens is 362 g/mol. The summed E-state index contributed by atoms with van der Waals surface area (Å²) in [5.41, 5.74) is 1.44. The minimum Gasteiger partial charge on any atom is -0.356 e. The van der Waals surface area contributed by atoms with Crippen molar-refractivity contribution in [2.75, 3.05) is 13.1 Å². The fraction of sp³-hybridized carbons (Fsp3) is 0.250. The number of H-pyrrole nitrogens is 1. The summed E-state index contributed by atoms with van der Waals surface area (Å²) in [7, 11) is 0. The van der Waals surface area contributed by atoms with E-state index >= 15 is 0 Å². The molecule has 27 heavy (non-hydrogen) atoms. The fourth-order valence-corrected chi connectivity index (χ4v) is 3.38. The number of hydrogen-bond acceptors (Lipinski definition) is 4. The van der Waals surface area contributed by atoms with Gasteiger partial charge >= 0.3 is 0 Å². The molecular formula is C20H21N3O3S. The number of thiophene rings is 1. The number of ketones is 1. The largest absolute Gasteiger partial charge is 0.356 e. The van der Waals surface area contributed by atoms with E-state index in [-0.39, 0.29) is 30.4 Å². The minimum absolute atomic E-state index is 0.00857. The van der Waals surface area contributed by atoms with Crippen molar-refractivity contribution in [3.63, 3.8) is 0 Å². The van der Waals surface area contributed by atoms with Crippen LogP contribution in [0.5, 0.6) is 0 Å². The first kappa shape index (κ1) is 18.8. The number of carbonyl (C=O) groups excluding carboxylic acids is 3. The van der Waals surface area contributed by atoms with Gasteiger partial charge in [-0.25, -0.2) is 0 Å². The Morgan fingerprint density at radius 1 is 0.963 bits per heavy atom. The Labute approximate surface area is 161 Å². The van der Waals surface area contributed by atoms with Gasteiger partial charge in [-0.15, -0.1) is 11.3 Å². The van der Waals surface area contributed by atoms with Gasteiger partial charge < -0.3 is 15.6 Å². The molecule has 7 heteroatoms. The number of fused-ring (bicyclic) bond motifs is 1. The number of rotatable bonds is 9. The molecule has 3 rings (SSSR count). The first-order valence-electron chi connectivity index (χ1n) is 8.83. The predicted molar refractivity (Wildman–Crippen MR) is 106 cm³/mol. The van der Waals surface area contributed by atoms with Crippen LogP contribution in [0.4, 0.5) is 0 Å². The minimum atomic E-state index is -0.168. The molecule has 6 nitrogen and oxygen atoms in total. The van der Waals surface area contributed by atoms with Crippen LogP contribution in [0.2, 0.25) is 0 Å². The Bertz CT molecular complexity index is 898. The van der Waals surface area contributed by atoms with E-state index in [0.717, 1.165) is 10.9 Å². The molecule has 2 amide bonds. The maximum absolute atomic E-state index is 12.1. The number of Topliss-reactive ketones (excluding diaryl/α,β-unsaturated/α-hetero) is 1. The van der Waals surface area contributed by atoms with E-state index in [1.165, 1.54) is 11.3 Å². The Morgan fingerprint density at radius 2 is 1.78 bits per heavy atom. The average Bonchev–Trinajstić information content (AvgIpc) is 3.35. The highest BCUT2D eigenvalue weighted by atomic mass is 32.1. The molecule has 2 heterocycles. The van der Waals surface area contributed by atoms with Crippen LogP contribution in [0, 0.1) is 0 Å². The number of carbonyl (C=O) groups is 3. The average molecular weight is 383 g/mol. The van der Waals surface area contributed by atoms with Crippen molar-refractivity contribution >= 4 is 39.8 Å². The summed E-state index contributed by atoms with van der Waals surface area (Å²) in [4.78, 5) is 39.5. The van der Waals surface area contributed by atoms with Crippen LogP contribution in [0.25, 0.3) is 10.9 Å². The summed E-state index contributed by atoms with van der Waals surface area (Å²) < 4.78 is 0. The zero-order valence-corrected chi connectivity index (χ0v) is 15.6. The zero-order chi connectivity index (χ0) is 19.1. The third-order valence-electron chi connectivity index (χ3n) is 4.11. The maximum Gasteiger partial charge on any atom is 0.267 e. The second-order valence-corrected chi connectivity index (χ2v) is 7.08. The van der Waals surface area contributed by atoms with Crippen LogP contribution in [0.1, 0.15) is 39.4 Å². The predicted octanol–water partition coefficient (Wildman–Crippen LogP) is 3.13. The number of hydrogen-bond donors (Lipinski definition) is 3. The van der Waals surface area contributed by atoms with Gasteiger partial charge in [0.25, 0.3) is 5.91 Å². The molecule has 0 saturated heterocycles. The number of aromatic nitrogens is 1. The number of nitrogens with one attached hydrogen (secondary N) is 3. The van der Waals surface area contributed by atoms with Gasteiger partial charge in [0.1, 0.15) is 5.69 Å². The molecule has 0 aliphatic carbocycles. The van der Waals surface area contributed by atoms with Gasteiger partial charge in [0.15, 0.2) is 5.78 Å². The van der Waals surface area contributed by atoms with Gasteiger partial charge in [-0.3, -0.25) is 14.4 Å². The van der Waals surface area contributed by atoms with Crippen molar-refractivity contribution in [1.82, 2.24) is 15.6 Å². The van der Waals surface area contributed by atoms with E-state index in [4.69, 9.17) is 0 Å². The topological polar surface area (TPSA) is 91.1 Å². The highest BCUT2D eigenvalue weighted by molar-refractivity contribution is 7.12. The molecule has 0 fully saturated rings. The molecule has 2 aromatic heterocycles. The number of para-hydroxylation sites is 1. The lowest BCUT2D eigenvalue weighted by atomic mass is 10.2. The van der Waals surface area contributed by atoms with E-state index in [9.17, 15) is 14.4 Å². The van der Waals surface area contributed by atoms with E-state index in [1.807, 2.05) is 41.8 Å². The Hall–Kier alpha value is -2.93. The van der Waals surface area contributed by atoms with Crippen molar-refractivity contribution in [2.45, 2.75) is 19.3 Å². The summed E-state index contributed by atoms with van der Waals surface area (Å²) >= 11 is 1.39. The fourth-order valence-electron chi connectivity index (χ4n) is 2.68. The van der Waals surface area contributed by atoms with Crippen LogP contribution in [-0.4, -0.2) is 35.7 Å². The lowest BCUT2D eigenvalue weighted by Gasteiger charge is -2.06. The summed E-state index contributed by atoms with van der Waals surface area (Å²) in [6, 6.07) is 13.1. The van der Waals surface area contributed by atoms with Crippen molar-refractivity contribution < 1.29 is 14.4 Å². The zero-order valence-electron chi connectivity index (χ0n) is 14.8. The molecule has 0 aliphatic heterocycles. The molecule has 0 saturated carbocycles. The van der Waals surface area contributed by atoms with Gasteiger partial charge in [0, 0.05) is 36.8 Å². The van der Waals surface area contributed by atoms with Crippen LogP contribution in [0.3, 0.4) is 0 Å². The quantitative estimate of drug-likeness (QED) is 0.392. The summed E-state index contributed by atoms with van der Waals surface area (Å²) in [6.07, 6.45) is 1.01. The lowest BCUT2D eigenvalue weighted by molar-refractivity contribution is -0.121. The van der Waals surface area contributed by atoms with E-state index in [1.54, 1.807) is 6.07 Å². The number of amides is 2. The standard InChI is InChI=1S/C20H21N3O3S/c24-17(18-7-3-12-27-18)8-9-19(25)21-10-4-11-22-20(26)16-13-14-5-1-2-6-15(14)23-16/h1-3,5-7,12-13,23H,4,8-11H2,(H,21,25)(H,22,26). The van der Waals surface area contributed by atoms with Crippen molar-refractivity contribution in [3.05, 3.63) is 58.4 Å². The highest BCUT2D eigenvalue weighted by Crippen LogP contribution is 2.14. The molecule has 0 unspecified atom stereocenters. The molecule has 0 bridgehead atoms. The summed E-state index contributed by atoms with van der Waals surface area (Å²) in [5.74, 6) is -0.327. The Balaban J connectivity index is 1.31. The highest BCUT2D eigenvalue weighted by Gasteiger charge is 2.10. The second kappa shape index (κ2) is 9.14. The summed E-state index contributed by atoms with van der Waals surface area (Å²) in [5, 5.41) is 8.44. The molecule has 3 aromatic rings. The number of benzene rings is 1. The normalized spacial score (nSPS) is 10.7. The van der Waals surface area contributed by atoms with Gasteiger partial charge in [0.05, 0.1) is 4.88 Å². The lowest BCUT2D eigenvalue weighted by Crippen LogP contribution is -2.30. The third-order valence-corrected chi connectivity index (χ3v) is 5.02. The van der Waals surface area contributed by atoms with Crippen molar-refractivity contribution in [3.8, 4) is 0 Å². The Kier molecular flexibility index (Phi) is 6.38. The molecule has 140 valence electrons. The maximum atomic E-state index is 12.1. The summed E-state index contributed by atoms with van der Waals surface area (Å²) in [6.45, 7) is 0.918. The first-order chi connectivity index (χ1) is 13.1. The van der Waals surface area contributed by atoms with E-state index < -0.39 is 0 Å². The molecule has 0 aliphatic rings. The first-order valence-corrected chi connectivity index (χ1v) is 9.71. The van der Waals surface area contributed by atoms with E-state index in [2.05, 4.69) is 15.6 Å². The SMILES string of the molecule is O=C(CCC(=O)c1cccs1)NCCCNC(=O)c1cc2ccccc2[nH]1. The smallest absolute Gasteiger partial charge is 0.267 e.